The van der Waals surface area contributed by atoms with E-state index in [-0.39, 0.29) is 17.5 Å². The largest absolute Gasteiger partial charge is 0.327 e. The number of H-pyrrole nitrogens is 1. The van der Waals surface area contributed by atoms with Crippen molar-refractivity contribution in [3.8, 4) is 11.1 Å². The van der Waals surface area contributed by atoms with Gasteiger partial charge in [-0.1, -0.05) is 30.3 Å². The van der Waals surface area contributed by atoms with E-state index in [0.29, 0.717) is 18.0 Å². The number of aromatic amines is 1. The molecule has 1 atom stereocenters. The van der Waals surface area contributed by atoms with E-state index in [2.05, 4.69) is 27.6 Å². The van der Waals surface area contributed by atoms with Crippen LogP contribution in [-0.2, 0) is 6.54 Å². The van der Waals surface area contributed by atoms with Crippen molar-refractivity contribution in [1.82, 2.24) is 20.4 Å². The van der Waals surface area contributed by atoms with Crippen molar-refractivity contribution < 1.29 is 9.18 Å². The Bertz CT molecular complexity index is 1030. The second kappa shape index (κ2) is 7.44. The molecule has 2 aliphatic heterocycles. The summed E-state index contributed by atoms with van der Waals surface area (Å²) in [6, 6.07) is 13.0. The normalized spacial score (nSPS) is 19.3. The number of hydrogen-bond acceptors (Lipinski definition) is 3. The molecule has 2 N–H and O–H groups in total. The van der Waals surface area contributed by atoms with Crippen LogP contribution in [0, 0.1) is 11.7 Å². The third-order valence-corrected chi connectivity index (χ3v) is 6.17. The Morgan fingerprint density at radius 1 is 1.10 bits per heavy atom. The Morgan fingerprint density at radius 3 is 2.69 bits per heavy atom. The van der Waals surface area contributed by atoms with Gasteiger partial charge in [0.15, 0.2) is 0 Å². The van der Waals surface area contributed by atoms with E-state index < -0.39 is 5.82 Å². The van der Waals surface area contributed by atoms with Gasteiger partial charge in [-0.15, -0.1) is 0 Å². The van der Waals surface area contributed by atoms with Gasteiger partial charge in [-0.2, -0.15) is 5.10 Å². The standard InChI is InChI=1S/C23H23FN4O/c24-21-11-16(18-12-26-27-13-18)5-6-20(21)23(29)28-14-17-3-1-2-4-19(17)22(28)15-7-9-25-10-8-15/h1-6,11-13,15,22,25H,7-10,14H2,(H,26,27). The first-order chi connectivity index (χ1) is 14.2. The predicted molar refractivity (Wildman–Crippen MR) is 109 cm³/mol. The van der Waals surface area contributed by atoms with Crippen LogP contribution in [0.4, 0.5) is 4.39 Å². The van der Waals surface area contributed by atoms with Gasteiger partial charge >= 0.3 is 0 Å². The lowest BCUT2D eigenvalue weighted by Crippen LogP contribution is -2.38. The molecular formula is C23H23FN4O. The fourth-order valence-electron chi connectivity index (χ4n) is 4.71. The molecule has 0 spiro atoms. The third kappa shape index (κ3) is 3.23. The first-order valence-electron chi connectivity index (χ1n) is 10.1. The highest BCUT2D eigenvalue weighted by Crippen LogP contribution is 2.42. The number of amides is 1. The maximum absolute atomic E-state index is 15.0. The molecule has 1 saturated heterocycles. The Hall–Kier alpha value is -2.99. The molecule has 6 heteroatoms. The molecule has 3 heterocycles. The first kappa shape index (κ1) is 18.1. The molecule has 2 aromatic carbocycles. The number of fused-ring (bicyclic) bond motifs is 1. The fourth-order valence-corrected chi connectivity index (χ4v) is 4.71. The Kier molecular flexibility index (Phi) is 4.64. The number of hydrogen-bond donors (Lipinski definition) is 2. The Morgan fingerprint density at radius 2 is 1.93 bits per heavy atom. The monoisotopic (exact) mass is 390 g/mol. The van der Waals surface area contributed by atoms with E-state index in [1.165, 1.54) is 17.2 Å². The lowest BCUT2D eigenvalue weighted by molar-refractivity contribution is 0.0596. The van der Waals surface area contributed by atoms with Crippen molar-refractivity contribution >= 4 is 5.91 Å². The molecule has 148 valence electrons. The van der Waals surface area contributed by atoms with E-state index in [1.807, 2.05) is 17.0 Å². The number of carbonyl (C=O) groups is 1. The van der Waals surface area contributed by atoms with Crippen molar-refractivity contribution in [2.24, 2.45) is 5.92 Å². The van der Waals surface area contributed by atoms with Gasteiger partial charge in [0.25, 0.3) is 5.91 Å². The number of aromatic nitrogens is 2. The molecule has 3 aromatic rings. The lowest BCUT2D eigenvalue weighted by atomic mass is 9.85. The molecule has 0 radical (unpaired) electrons. The molecule has 0 saturated carbocycles. The average molecular weight is 390 g/mol. The summed E-state index contributed by atoms with van der Waals surface area (Å²) in [4.78, 5) is 15.3. The molecule has 5 rings (SSSR count). The summed E-state index contributed by atoms with van der Waals surface area (Å²) < 4.78 is 15.0. The van der Waals surface area contributed by atoms with Gasteiger partial charge in [-0.3, -0.25) is 9.89 Å². The smallest absolute Gasteiger partial charge is 0.257 e. The van der Waals surface area contributed by atoms with Crippen LogP contribution in [0.3, 0.4) is 0 Å². The third-order valence-electron chi connectivity index (χ3n) is 6.17. The van der Waals surface area contributed by atoms with Gasteiger partial charge in [0.05, 0.1) is 17.8 Å². The van der Waals surface area contributed by atoms with E-state index in [1.54, 1.807) is 24.5 Å². The van der Waals surface area contributed by atoms with Crippen LogP contribution in [0.2, 0.25) is 0 Å². The molecular weight excluding hydrogens is 367 g/mol. The quantitative estimate of drug-likeness (QED) is 0.713. The molecule has 0 aliphatic carbocycles. The summed E-state index contributed by atoms with van der Waals surface area (Å²) in [5.41, 5.74) is 4.00. The predicted octanol–water partition coefficient (Wildman–Crippen LogP) is 3.91. The number of nitrogens with zero attached hydrogens (tertiary/aromatic N) is 2. The number of carbonyl (C=O) groups excluding carboxylic acids is 1. The minimum Gasteiger partial charge on any atom is -0.327 e. The van der Waals surface area contributed by atoms with Crippen LogP contribution >= 0.6 is 0 Å². The number of nitrogens with one attached hydrogen (secondary N) is 2. The Balaban J connectivity index is 1.48. The molecule has 5 nitrogen and oxygen atoms in total. The van der Waals surface area contributed by atoms with Gasteiger partial charge < -0.3 is 10.2 Å². The summed E-state index contributed by atoms with van der Waals surface area (Å²) in [6.07, 6.45) is 5.39. The summed E-state index contributed by atoms with van der Waals surface area (Å²) in [5, 5.41) is 10.0. The average Bonchev–Trinajstić information content (AvgIpc) is 3.42. The summed E-state index contributed by atoms with van der Waals surface area (Å²) in [5.74, 6) is -0.341. The highest BCUT2D eigenvalue weighted by molar-refractivity contribution is 5.95. The molecule has 29 heavy (non-hydrogen) atoms. The number of piperidine rings is 1. The summed E-state index contributed by atoms with van der Waals surface area (Å²) >= 11 is 0. The van der Waals surface area contributed by atoms with Crippen LogP contribution < -0.4 is 5.32 Å². The van der Waals surface area contributed by atoms with Crippen LogP contribution in [0.15, 0.2) is 54.9 Å². The van der Waals surface area contributed by atoms with E-state index in [4.69, 9.17) is 0 Å². The van der Waals surface area contributed by atoms with Crippen LogP contribution in [0.5, 0.6) is 0 Å². The van der Waals surface area contributed by atoms with Crippen LogP contribution in [-0.4, -0.2) is 34.1 Å². The van der Waals surface area contributed by atoms with Crippen LogP contribution in [0.25, 0.3) is 11.1 Å². The molecule has 2 aliphatic rings. The van der Waals surface area contributed by atoms with Gasteiger partial charge in [0, 0.05) is 18.3 Å². The maximum atomic E-state index is 15.0. The van der Waals surface area contributed by atoms with Gasteiger partial charge in [0.2, 0.25) is 0 Å². The molecule has 1 aromatic heterocycles. The number of benzene rings is 2. The van der Waals surface area contributed by atoms with E-state index in [9.17, 15) is 9.18 Å². The second-order valence-corrected chi connectivity index (χ2v) is 7.85. The van der Waals surface area contributed by atoms with Gasteiger partial charge in [-0.25, -0.2) is 4.39 Å². The minimum atomic E-state index is -0.492. The van der Waals surface area contributed by atoms with Crippen LogP contribution in [0.1, 0.15) is 40.4 Å². The highest BCUT2D eigenvalue weighted by Gasteiger charge is 2.39. The molecule has 1 unspecified atom stereocenters. The minimum absolute atomic E-state index is 0.00810. The second-order valence-electron chi connectivity index (χ2n) is 7.85. The van der Waals surface area contributed by atoms with Crippen molar-refractivity contribution in [2.45, 2.75) is 25.4 Å². The zero-order valence-electron chi connectivity index (χ0n) is 16.1. The van der Waals surface area contributed by atoms with Crippen molar-refractivity contribution in [2.75, 3.05) is 13.1 Å². The highest BCUT2D eigenvalue weighted by atomic mass is 19.1. The van der Waals surface area contributed by atoms with Gasteiger partial charge in [-0.05, 0) is 60.7 Å². The van der Waals surface area contributed by atoms with E-state index in [0.717, 1.165) is 31.5 Å². The van der Waals surface area contributed by atoms with Crippen molar-refractivity contribution in [3.63, 3.8) is 0 Å². The zero-order chi connectivity index (χ0) is 19.8. The molecule has 1 amide bonds. The van der Waals surface area contributed by atoms with Gasteiger partial charge in [0.1, 0.15) is 5.82 Å². The summed E-state index contributed by atoms with van der Waals surface area (Å²) in [6.45, 7) is 2.45. The SMILES string of the molecule is O=C(c1ccc(-c2cn[nH]c2)cc1F)N1Cc2ccccc2C1C1CCNCC1. The summed E-state index contributed by atoms with van der Waals surface area (Å²) in [7, 11) is 0. The van der Waals surface area contributed by atoms with Crippen molar-refractivity contribution in [1.29, 1.82) is 0 Å². The first-order valence-corrected chi connectivity index (χ1v) is 10.1. The fraction of sp³-hybridized carbons (Fsp3) is 0.304. The Labute approximate surface area is 168 Å². The molecule has 1 fully saturated rings. The lowest BCUT2D eigenvalue weighted by Gasteiger charge is -2.35. The zero-order valence-corrected chi connectivity index (χ0v) is 16.1. The topological polar surface area (TPSA) is 61.0 Å². The maximum Gasteiger partial charge on any atom is 0.257 e. The van der Waals surface area contributed by atoms with Crippen molar-refractivity contribution in [3.05, 3.63) is 77.4 Å². The number of rotatable bonds is 3. The molecule has 0 bridgehead atoms. The van der Waals surface area contributed by atoms with E-state index >= 15 is 0 Å². The number of halogens is 1.